The summed E-state index contributed by atoms with van der Waals surface area (Å²) in [7, 11) is 0. The Bertz CT molecular complexity index is 597. The molecule has 0 unspecified atom stereocenters. The van der Waals surface area contributed by atoms with Gasteiger partial charge in [0, 0.05) is 11.8 Å². The van der Waals surface area contributed by atoms with Gasteiger partial charge >= 0.3 is 0 Å². The van der Waals surface area contributed by atoms with Gasteiger partial charge in [0.25, 0.3) is 0 Å². The molecular formula is C22H28NO. The molecule has 0 atom stereocenters. The first-order valence-electron chi connectivity index (χ1n) is 9.35. The molecule has 3 rings (SSSR count). The van der Waals surface area contributed by atoms with E-state index in [1.54, 1.807) is 0 Å². The van der Waals surface area contributed by atoms with Crippen LogP contribution < -0.4 is 4.74 Å². The van der Waals surface area contributed by atoms with Gasteiger partial charge in [0.2, 0.25) is 0 Å². The molecule has 1 saturated carbocycles. The maximum Gasteiger partial charge on any atom is 0.119 e. The first-order valence-corrected chi connectivity index (χ1v) is 9.35. The van der Waals surface area contributed by atoms with Crippen LogP contribution in [0.3, 0.4) is 0 Å². The van der Waals surface area contributed by atoms with Crippen molar-refractivity contribution < 1.29 is 4.74 Å². The number of rotatable bonds is 7. The largest absolute Gasteiger partial charge is 0.493 e. The summed E-state index contributed by atoms with van der Waals surface area (Å²) in [6.07, 6.45) is 13.0. The number of hydrogen-bond donors (Lipinski definition) is 0. The van der Waals surface area contributed by atoms with Gasteiger partial charge in [-0.25, -0.2) is 0 Å². The van der Waals surface area contributed by atoms with Crippen molar-refractivity contribution in [1.82, 2.24) is 4.98 Å². The molecule has 0 saturated heterocycles. The number of aromatic nitrogens is 1. The van der Waals surface area contributed by atoms with Gasteiger partial charge in [-0.05, 0) is 86.8 Å². The molecule has 0 N–H and O–H groups in total. The molecular weight excluding hydrogens is 294 g/mol. The lowest BCUT2D eigenvalue weighted by Gasteiger charge is -2.21. The summed E-state index contributed by atoms with van der Waals surface area (Å²) < 4.78 is 5.97. The number of unbranched alkanes of at least 4 members (excludes halogenated alkanes) is 1. The lowest BCUT2D eigenvalue weighted by Crippen LogP contribution is -2.15. The number of pyridine rings is 1. The Morgan fingerprint density at radius 1 is 1.04 bits per heavy atom. The topological polar surface area (TPSA) is 22.1 Å². The van der Waals surface area contributed by atoms with E-state index in [1.165, 1.54) is 44.1 Å². The predicted octanol–water partition coefficient (Wildman–Crippen LogP) is 5.86. The van der Waals surface area contributed by atoms with Crippen LogP contribution >= 0.6 is 0 Å². The second kappa shape index (κ2) is 8.86. The second-order valence-corrected chi connectivity index (χ2v) is 6.80. The monoisotopic (exact) mass is 322 g/mol. The van der Waals surface area contributed by atoms with E-state index >= 15 is 0 Å². The number of hydrogen-bond acceptors (Lipinski definition) is 2. The molecule has 0 aliphatic heterocycles. The van der Waals surface area contributed by atoms with Crippen LogP contribution in [0.4, 0.5) is 0 Å². The zero-order valence-electron chi connectivity index (χ0n) is 14.7. The molecule has 2 heteroatoms. The number of benzene rings is 1. The van der Waals surface area contributed by atoms with Crippen LogP contribution in [0.5, 0.6) is 5.75 Å². The Kier molecular flexibility index (Phi) is 6.28. The van der Waals surface area contributed by atoms with Crippen molar-refractivity contribution in [2.75, 3.05) is 6.61 Å². The minimum absolute atomic E-state index is 0.715. The predicted molar refractivity (Wildman–Crippen MR) is 100 cm³/mol. The molecule has 2 aromatic rings. The van der Waals surface area contributed by atoms with Crippen molar-refractivity contribution in [3.63, 3.8) is 0 Å². The van der Waals surface area contributed by atoms with E-state index in [2.05, 4.69) is 54.7 Å². The minimum Gasteiger partial charge on any atom is -0.493 e. The van der Waals surface area contributed by atoms with Crippen molar-refractivity contribution in [1.29, 1.82) is 0 Å². The molecule has 1 aliphatic rings. The van der Waals surface area contributed by atoms with E-state index in [4.69, 9.17) is 4.74 Å². The third-order valence-electron chi connectivity index (χ3n) is 4.84. The summed E-state index contributed by atoms with van der Waals surface area (Å²) in [5.74, 6) is 1.68. The molecule has 1 fully saturated rings. The summed E-state index contributed by atoms with van der Waals surface area (Å²) in [5.41, 5.74) is 3.51. The summed E-state index contributed by atoms with van der Waals surface area (Å²) in [6.45, 7) is 3.07. The van der Waals surface area contributed by atoms with Crippen LogP contribution in [0.2, 0.25) is 0 Å². The highest BCUT2D eigenvalue weighted by molar-refractivity contribution is 5.60. The Balaban J connectivity index is 1.55. The lowest BCUT2D eigenvalue weighted by molar-refractivity contribution is 0.221. The zero-order valence-corrected chi connectivity index (χ0v) is 14.7. The van der Waals surface area contributed by atoms with E-state index in [1.807, 2.05) is 6.20 Å². The highest BCUT2D eigenvalue weighted by atomic mass is 16.5. The number of nitrogens with zero attached hydrogens (tertiary/aromatic N) is 1. The van der Waals surface area contributed by atoms with Crippen LogP contribution in [-0.2, 0) is 6.42 Å². The molecule has 0 amide bonds. The van der Waals surface area contributed by atoms with Gasteiger partial charge in [-0.2, -0.15) is 0 Å². The molecule has 1 radical (unpaired) electrons. The van der Waals surface area contributed by atoms with Gasteiger partial charge in [-0.15, -0.1) is 0 Å². The summed E-state index contributed by atoms with van der Waals surface area (Å²) in [5, 5.41) is 0. The van der Waals surface area contributed by atoms with Crippen LogP contribution in [0, 0.1) is 12.3 Å². The van der Waals surface area contributed by atoms with E-state index in [0.29, 0.717) is 5.92 Å². The molecule has 2 nitrogen and oxygen atoms in total. The normalized spacial score (nSPS) is 15.4. The van der Waals surface area contributed by atoms with E-state index in [0.717, 1.165) is 30.0 Å². The SMILES string of the molecule is CCCCc1ccc(-c2ccc(OCC3CC[CH]CC3)cc2)nc1. The van der Waals surface area contributed by atoms with E-state index in [-0.39, 0.29) is 0 Å². The fourth-order valence-electron chi connectivity index (χ4n) is 3.22. The van der Waals surface area contributed by atoms with Gasteiger partial charge in [-0.3, -0.25) is 4.98 Å². The maximum absolute atomic E-state index is 5.97. The fourth-order valence-corrected chi connectivity index (χ4v) is 3.22. The average molecular weight is 322 g/mol. The van der Waals surface area contributed by atoms with Crippen molar-refractivity contribution in [2.45, 2.75) is 51.9 Å². The second-order valence-electron chi connectivity index (χ2n) is 6.80. The Labute approximate surface area is 146 Å². The van der Waals surface area contributed by atoms with Gasteiger partial charge in [-0.1, -0.05) is 19.4 Å². The molecule has 1 aliphatic carbocycles. The van der Waals surface area contributed by atoms with Gasteiger partial charge < -0.3 is 4.74 Å². The smallest absolute Gasteiger partial charge is 0.119 e. The van der Waals surface area contributed by atoms with Crippen LogP contribution in [0.1, 0.15) is 51.0 Å². The van der Waals surface area contributed by atoms with Crippen LogP contribution in [0.15, 0.2) is 42.6 Å². The summed E-state index contributed by atoms with van der Waals surface area (Å²) in [4.78, 5) is 4.61. The first-order chi connectivity index (χ1) is 11.8. The van der Waals surface area contributed by atoms with Crippen molar-refractivity contribution in [3.8, 4) is 17.0 Å². The van der Waals surface area contributed by atoms with Crippen LogP contribution in [0.25, 0.3) is 11.3 Å². The maximum atomic E-state index is 5.97. The highest BCUT2D eigenvalue weighted by Crippen LogP contribution is 2.25. The summed E-state index contributed by atoms with van der Waals surface area (Å²) in [6, 6.07) is 12.7. The Morgan fingerprint density at radius 2 is 1.83 bits per heavy atom. The standard InChI is InChI=1S/C22H28NO/c1-2-3-7-18-10-15-22(23-16-18)20-11-13-21(14-12-20)24-17-19-8-5-4-6-9-19/h4,10-16,19H,2-3,5-9,17H2,1H3. The third-order valence-corrected chi connectivity index (χ3v) is 4.84. The lowest BCUT2D eigenvalue weighted by atomic mass is 9.90. The molecule has 127 valence electrons. The third kappa shape index (κ3) is 4.83. The molecule has 1 heterocycles. The van der Waals surface area contributed by atoms with Crippen LogP contribution in [-0.4, -0.2) is 11.6 Å². The van der Waals surface area contributed by atoms with E-state index < -0.39 is 0 Å². The molecule has 24 heavy (non-hydrogen) atoms. The zero-order chi connectivity index (χ0) is 16.6. The van der Waals surface area contributed by atoms with Crippen molar-refractivity contribution >= 4 is 0 Å². The molecule has 1 aromatic carbocycles. The summed E-state index contributed by atoms with van der Waals surface area (Å²) >= 11 is 0. The van der Waals surface area contributed by atoms with Gasteiger partial charge in [0.15, 0.2) is 0 Å². The Morgan fingerprint density at radius 3 is 2.50 bits per heavy atom. The van der Waals surface area contributed by atoms with Gasteiger partial charge in [0.1, 0.15) is 5.75 Å². The number of ether oxygens (including phenoxy) is 1. The first kappa shape index (κ1) is 17.0. The van der Waals surface area contributed by atoms with E-state index in [9.17, 15) is 0 Å². The minimum atomic E-state index is 0.715. The molecule has 1 aromatic heterocycles. The van der Waals surface area contributed by atoms with Crippen molar-refractivity contribution in [3.05, 3.63) is 54.6 Å². The van der Waals surface area contributed by atoms with Crippen molar-refractivity contribution in [2.24, 2.45) is 5.92 Å². The van der Waals surface area contributed by atoms with Gasteiger partial charge in [0.05, 0.1) is 12.3 Å². The average Bonchev–Trinajstić information content (AvgIpc) is 2.66. The fraction of sp³-hybridized carbons (Fsp3) is 0.455. The highest BCUT2D eigenvalue weighted by Gasteiger charge is 2.14. The number of aryl methyl sites for hydroxylation is 1. The quantitative estimate of drug-likeness (QED) is 0.636. The Hall–Kier alpha value is -1.83. The molecule has 0 spiro atoms. The molecule has 0 bridgehead atoms.